The van der Waals surface area contributed by atoms with Crippen molar-refractivity contribution in [3.8, 4) is 17.2 Å². The highest BCUT2D eigenvalue weighted by molar-refractivity contribution is 6.20. The summed E-state index contributed by atoms with van der Waals surface area (Å²) in [5.41, 5.74) is 1.19. The van der Waals surface area contributed by atoms with Crippen molar-refractivity contribution in [3.05, 3.63) is 89.5 Å². The molecule has 0 heterocycles. The molecule has 0 radical (unpaired) electrons. The number of hydrogen-bond acceptors (Lipinski definition) is 7. The Balaban J connectivity index is 1.93. The second-order valence-electron chi connectivity index (χ2n) is 7.08. The van der Waals surface area contributed by atoms with Gasteiger partial charge >= 0.3 is 5.97 Å². The number of Topliss-reactive ketones (excluding diaryl/α,β-unsaturated/α-hetero) is 2. The predicted octanol–water partition coefficient (Wildman–Crippen LogP) is 4.28. The lowest BCUT2D eigenvalue weighted by Gasteiger charge is -2.18. The molecule has 0 aliphatic carbocycles. The third kappa shape index (κ3) is 5.98. The number of methoxy groups -OCH3 is 2. The van der Waals surface area contributed by atoms with E-state index in [9.17, 15) is 14.4 Å². The molecule has 0 fully saturated rings. The maximum absolute atomic E-state index is 13.4. The summed E-state index contributed by atoms with van der Waals surface area (Å²) in [5, 5.41) is 0. The number of benzene rings is 3. The highest BCUT2D eigenvalue weighted by atomic mass is 16.5. The van der Waals surface area contributed by atoms with Crippen LogP contribution in [-0.4, -0.2) is 37.9 Å². The van der Waals surface area contributed by atoms with Crippen molar-refractivity contribution in [2.75, 3.05) is 14.2 Å². The van der Waals surface area contributed by atoms with Crippen LogP contribution in [0.2, 0.25) is 0 Å². The zero-order chi connectivity index (χ0) is 23.8. The molecule has 1 unspecified atom stereocenters. The summed E-state index contributed by atoms with van der Waals surface area (Å²) in [6, 6.07) is 20.2. The van der Waals surface area contributed by atoms with E-state index >= 15 is 0 Å². The number of hydrogen-bond donors (Lipinski definition) is 0. The van der Waals surface area contributed by atoms with Gasteiger partial charge in [0.05, 0.1) is 19.8 Å². The number of esters is 1. The first-order valence-corrected chi connectivity index (χ1v) is 10.2. The highest BCUT2D eigenvalue weighted by Crippen LogP contribution is 2.28. The standard InChI is InChI=1S/C26H24O7/c1-17(27)33-26(24(28)19-9-11-20(30-2)12-10-19)25(29)22-14-13-21(31-3)15-23(22)32-16-18-7-5-4-6-8-18/h4-15,26H,16H2,1-3H3. The van der Waals surface area contributed by atoms with E-state index in [1.807, 2.05) is 30.3 Å². The van der Waals surface area contributed by atoms with Gasteiger partial charge in [-0.3, -0.25) is 14.4 Å². The lowest BCUT2D eigenvalue weighted by atomic mass is 9.97. The molecule has 7 nitrogen and oxygen atoms in total. The summed E-state index contributed by atoms with van der Waals surface area (Å²) in [4.78, 5) is 38.2. The Labute approximate surface area is 191 Å². The van der Waals surface area contributed by atoms with Crippen molar-refractivity contribution in [1.29, 1.82) is 0 Å². The molecule has 3 rings (SSSR count). The fourth-order valence-electron chi connectivity index (χ4n) is 3.13. The molecule has 0 aromatic heterocycles. The fraction of sp³-hybridized carbons (Fsp3) is 0.192. The van der Waals surface area contributed by atoms with E-state index in [1.165, 1.54) is 32.4 Å². The molecule has 0 bridgehead atoms. The van der Waals surface area contributed by atoms with Gasteiger partial charge < -0.3 is 18.9 Å². The molecule has 3 aromatic rings. The van der Waals surface area contributed by atoms with Crippen LogP contribution in [-0.2, 0) is 16.1 Å². The molecule has 33 heavy (non-hydrogen) atoms. The number of ketones is 2. The van der Waals surface area contributed by atoms with E-state index in [2.05, 4.69) is 0 Å². The first kappa shape index (κ1) is 23.5. The van der Waals surface area contributed by atoms with Crippen LogP contribution in [0, 0.1) is 0 Å². The molecule has 0 N–H and O–H groups in total. The minimum absolute atomic E-state index is 0.0971. The van der Waals surface area contributed by atoms with Crippen LogP contribution < -0.4 is 14.2 Å². The molecule has 0 saturated carbocycles. The Bertz CT molecular complexity index is 1120. The summed E-state index contributed by atoms with van der Waals surface area (Å²) < 4.78 is 21.4. The molecule has 1 atom stereocenters. The Kier molecular flexibility index (Phi) is 7.81. The van der Waals surface area contributed by atoms with Gasteiger partial charge in [0.1, 0.15) is 23.9 Å². The third-order valence-corrected chi connectivity index (χ3v) is 4.83. The SMILES string of the molecule is COc1ccc(C(=O)C(OC(C)=O)C(=O)c2ccc(OC)cc2OCc2ccccc2)cc1. The van der Waals surface area contributed by atoms with Crippen LogP contribution in [0.15, 0.2) is 72.8 Å². The minimum atomic E-state index is -1.66. The Morgan fingerprint density at radius 1 is 0.788 bits per heavy atom. The van der Waals surface area contributed by atoms with Gasteiger partial charge in [0, 0.05) is 18.6 Å². The van der Waals surface area contributed by atoms with Gasteiger partial charge in [-0.1, -0.05) is 30.3 Å². The Hall–Kier alpha value is -4.13. The molecule has 0 aliphatic heterocycles. The van der Waals surface area contributed by atoms with Gasteiger partial charge in [-0.15, -0.1) is 0 Å². The number of rotatable bonds is 10. The molecule has 0 aliphatic rings. The van der Waals surface area contributed by atoms with E-state index in [4.69, 9.17) is 18.9 Å². The summed E-state index contributed by atoms with van der Waals surface area (Å²) >= 11 is 0. The van der Waals surface area contributed by atoms with Gasteiger partial charge in [-0.05, 0) is 42.0 Å². The maximum atomic E-state index is 13.4. The summed E-state index contributed by atoms with van der Waals surface area (Å²) in [5.74, 6) is -0.869. The summed E-state index contributed by atoms with van der Waals surface area (Å²) in [7, 11) is 3.00. The van der Waals surface area contributed by atoms with Gasteiger partial charge in [0.2, 0.25) is 17.7 Å². The third-order valence-electron chi connectivity index (χ3n) is 4.83. The molecular weight excluding hydrogens is 424 g/mol. The van der Waals surface area contributed by atoms with Crippen molar-refractivity contribution < 1.29 is 33.3 Å². The minimum Gasteiger partial charge on any atom is -0.497 e. The topological polar surface area (TPSA) is 88.1 Å². The van der Waals surface area contributed by atoms with Crippen molar-refractivity contribution in [2.45, 2.75) is 19.6 Å². The second kappa shape index (κ2) is 10.9. The smallest absolute Gasteiger partial charge is 0.303 e. The van der Waals surface area contributed by atoms with Gasteiger partial charge in [0.25, 0.3) is 0 Å². The fourth-order valence-corrected chi connectivity index (χ4v) is 3.13. The van der Waals surface area contributed by atoms with E-state index < -0.39 is 23.6 Å². The molecule has 0 saturated heterocycles. The van der Waals surface area contributed by atoms with E-state index in [0.29, 0.717) is 11.5 Å². The van der Waals surface area contributed by atoms with Crippen molar-refractivity contribution >= 4 is 17.5 Å². The predicted molar refractivity (Wildman–Crippen MR) is 121 cm³/mol. The Morgan fingerprint density at radius 3 is 2.03 bits per heavy atom. The molecule has 7 heteroatoms. The van der Waals surface area contributed by atoms with E-state index in [1.54, 1.807) is 24.3 Å². The summed E-state index contributed by atoms with van der Waals surface area (Å²) in [6.45, 7) is 1.33. The average molecular weight is 448 g/mol. The number of ether oxygens (including phenoxy) is 4. The molecule has 170 valence electrons. The van der Waals surface area contributed by atoms with Crippen molar-refractivity contribution in [3.63, 3.8) is 0 Å². The average Bonchev–Trinajstić information content (AvgIpc) is 2.85. The Morgan fingerprint density at radius 2 is 1.42 bits per heavy atom. The van der Waals surface area contributed by atoms with E-state index in [-0.39, 0.29) is 23.5 Å². The van der Waals surface area contributed by atoms with Crippen LogP contribution in [0.5, 0.6) is 17.2 Å². The summed E-state index contributed by atoms with van der Waals surface area (Å²) in [6.07, 6.45) is -1.66. The van der Waals surface area contributed by atoms with Crippen LogP contribution >= 0.6 is 0 Å². The molecular formula is C26H24O7. The normalized spacial score (nSPS) is 11.2. The quantitative estimate of drug-likeness (QED) is 0.260. The first-order valence-electron chi connectivity index (χ1n) is 10.2. The van der Waals surface area contributed by atoms with Gasteiger partial charge in [-0.2, -0.15) is 0 Å². The van der Waals surface area contributed by atoms with Crippen molar-refractivity contribution in [2.24, 2.45) is 0 Å². The zero-order valence-electron chi connectivity index (χ0n) is 18.6. The zero-order valence-corrected chi connectivity index (χ0v) is 18.6. The molecule has 0 spiro atoms. The van der Waals surface area contributed by atoms with Crippen LogP contribution in [0.4, 0.5) is 0 Å². The second-order valence-corrected chi connectivity index (χ2v) is 7.08. The number of carbonyl (C=O) groups is 3. The van der Waals surface area contributed by atoms with Gasteiger partial charge in [0.15, 0.2) is 0 Å². The van der Waals surface area contributed by atoms with Crippen molar-refractivity contribution in [1.82, 2.24) is 0 Å². The highest BCUT2D eigenvalue weighted by Gasteiger charge is 2.33. The lowest BCUT2D eigenvalue weighted by Crippen LogP contribution is -2.35. The molecule has 0 amide bonds. The first-order chi connectivity index (χ1) is 15.9. The monoisotopic (exact) mass is 448 g/mol. The van der Waals surface area contributed by atoms with E-state index in [0.717, 1.165) is 12.5 Å². The van der Waals surface area contributed by atoms with Crippen LogP contribution in [0.1, 0.15) is 33.2 Å². The van der Waals surface area contributed by atoms with Gasteiger partial charge in [-0.25, -0.2) is 0 Å². The molecule has 3 aromatic carbocycles. The van der Waals surface area contributed by atoms with Crippen LogP contribution in [0.25, 0.3) is 0 Å². The number of carbonyl (C=O) groups excluding carboxylic acids is 3. The lowest BCUT2D eigenvalue weighted by molar-refractivity contribution is -0.142. The maximum Gasteiger partial charge on any atom is 0.303 e. The largest absolute Gasteiger partial charge is 0.497 e. The van der Waals surface area contributed by atoms with Crippen LogP contribution in [0.3, 0.4) is 0 Å².